The normalized spacial score (nSPS) is 10.5. The van der Waals surface area contributed by atoms with E-state index in [0.29, 0.717) is 33.8 Å². The Morgan fingerprint density at radius 1 is 1.17 bits per heavy atom. The summed E-state index contributed by atoms with van der Waals surface area (Å²) in [6.45, 7) is 3.40. The van der Waals surface area contributed by atoms with E-state index >= 15 is 0 Å². The number of nitrogens with zero attached hydrogens (tertiary/aromatic N) is 3. The number of carbonyl (C=O) groups is 2. The zero-order valence-corrected chi connectivity index (χ0v) is 16.7. The van der Waals surface area contributed by atoms with Gasteiger partial charge in [0.2, 0.25) is 0 Å². The first kappa shape index (κ1) is 20.7. The highest BCUT2D eigenvalue weighted by Crippen LogP contribution is 2.23. The predicted molar refractivity (Wildman–Crippen MR) is 110 cm³/mol. The molecule has 1 heterocycles. The molecule has 0 radical (unpaired) electrons. The third-order valence-corrected chi connectivity index (χ3v) is 4.65. The van der Waals surface area contributed by atoms with Crippen LogP contribution in [0.4, 0.5) is 11.4 Å². The minimum Gasteiger partial charge on any atom is -0.465 e. The fraction of sp³-hybridized carbons (Fsp3) is 0.190. The monoisotopic (exact) mass is 408 g/mol. The topological polar surface area (TPSA) is 116 Å². The number of ether oxygens (including phenoxy) is 1. The number of anilines is 1. The highest BCUT2D eigenvalue weighted by atomic mass is 16.6. The van der Waals surface area contributed by atoms with Crippen molar-refractivity contribution in [3.05, 3.63) is 86.7 Å². The van der Waals surface area contributed by atoms with Crippen LogP contribution in [0, 0.1) is 24.0 Å². The molecule has 3 rings (SSSR count). The van der Waals surface area contributed by atoms with Crippen LogP contribution in [0.3, 0.4) is 0 Å². The van der Waals surface area contributed by atoms with Crippen molar-refractivity contribution in [3.63, 3.8) is 0 Å². The molecule has 0 atom stereocenters. The number of aryl methyl sites for hydroxylation is 1. The Morgan fingerprint density at radius 2 is 1.90 bits per heavy atom. The van der Waals surface area contributed by atoms with Gasteiger partial charge >= 0.3 is 11.7 Å². The molecule has 1 amide bonds. The van der Waals surface area contributed by atoms with Crippen molar-refractivity contribution in [2.45, 2.75) is 20.4 Å². The number of hydrogen-bond acceptors (Lipinski definition) is 6. The molecule has 1 aromatic heterocycles. The fourth-order valence-corrected chi connectivity index (χ4v) is 3.19. The van der Waals surface area contributed by atoms with Crippen LogP contribution in [0.1, 0.15) is 37.7 Å². The highest BCUT2D eigenvalue weighted by Gasteiger charge is 2.22. The first-order chi connectivity index (χ1) is 14.3. The van der Waals surface area contributed by atoms with Gasteiger partial charge in [0.1, 0.15) is 11.4 Å². The second-order valence-corrected chi connectivity index (χ2v) is 6.62. The van der Waals surface area contributed by atoms with E-state index in [9.17, 15) is 19.7 Å². The number of amides is 1. The van der Waals surface area contributed by atoms with Crippen molar-refractivity contribution >= 4 is 23.3 Å². The minimum absolute atomic E-state index is 0.0310. The molecule has 0 fully saturated rings. The number of hydrogen-bond donors (Lipinski definition) is 1. The summed E-state index contributed by atoms with van der Waals surface area (Å²) < 4.78 is 6.21. The summed E-state index contributed by atoms with van der Waals surface area (Å²) in [6, 6.07) is 13.4. The Balaban J connectivity index is 1.87. The standard InChI is InChI=1S/C21H20N4O5/c1-13-19(25(28)29)14(2)24(23-13)12-16-7-4-5-10-18(16)20(26)22-17-9-6-8-15(11-17)21(27)30-3/h4-11H,12H2,1-3H3,(H,22,26). The summed E-state index contributed by atoms with van der Waals surface area (Å²) in [5.74, 6) is -0.874. The molecule has 0 aliphatic rings. The molecule has 154 valence electrons. The maximum atomic E-state index is 12.9. The highest BCUT2D eigenvalue weighted by molar-refractivity contribution is 6.05. The molecule has 9 nitrogen and oxygen atoms in total. The summed E-state index contributed by atoms with van der Waals surface area (Å²) in [5.41, 5.74) is 2.52. The van der Waals surface area contributed by atoms with E-state index < -0.39 is 10.9 Å². The molecular formula is C21H20N4O5. The van der Waals surface area contributed by atoms with Gasteiger partial charge in [-0.15, -0.1) is 0 Å². The van der Waals surface area contributed by atoms with Gasteiger partial charge in [0.05, 0.1) is 24.1 Å². The van der Waals surface area contributed by atoms with Gasteiger partial charge in [-0.05, 0) is 43.7 Å². The van der Waals surface area contributed by atoms with Gasteiger partial charge in [0.15, 0.2) is 0 Å². The van der Waals surface area contributed by atoms with Crippen molar-refractivity contribution in [2.24, 2.45) is 0 Å². The quantitative estimate of drug-likeness (QED) is 0.379. The van der Waals surface area contributed by atoms with Crippen LogP contribution in [0.25, 0.3) is 0 Å². The third-order valence-electron chi connectivity index (χ3n) is 4.65. The molecule has 9 heteroatoms. The van der Waals surface area contributed by atoms with E-state index in [-0.39, 0.29) is 18.1 Å². The zero-order chi connectivity index (χ0) is 21.8. The lowest BCUT2D eigenvalue weighted by atomic mass is 10.1. The number of carbonyl (C=O) groups excluding carboxylic acids is 2. The van der Waals surface area contributed by atoms with Crippen LogP contribution in [0.15, 0.2) is 48.5 Å². The summed E-state index contributed by atoms with van der Waals surface area (Å²) in [7, 11) is 1.28. The number of rotatable bonds is 6. The Bertz CT molecular complexity index is 1140. The summed E-state index contributed by atoms with van der Waals surface area (Å²) in [5, 5.41) is 18.3. The van der Waals surface area contributed by atoms with Crippen LogP contribution >= 0.6 is 0 Å². The van der Waals surface area contributed by atoms with Crippen LogP contribution in [0.2, 0.25) is 0 Å². The molecule has 0 spiro atoms. The molecule has 30 heavy (non-hydrogen) atoms. The molecule has 0 saturated carbocycles. The predicted octanol–water partition coefficient (Wildman–Crippen LogP) is 3.50. The number of nitrogens with one attached hydrogen (secondary N) is 1. The maximum Gasteiger partial charge on any atom is 0.337 e. The Kier molecular flexibility index (Phi) is 5.91. The molecule has 3 aromatic rings. The smallest absolute Gasteiger partial charge is 0.337 e. The van der Waals surface area contributed by atoms with Crippen molar-refractivity contribution in [1.29, 1.82) is 0 Å². The molecule has 0 unspecified atom stereocenters. The van der Waals surface area contributed by atoms with Crippen molar-refractivity contribution in [2.75, 3.05) is 12.4 Å². The third kappa shape index (κ3) is 4.19. The van der Waals surface area contributed by atoms with Crippen molar-refractivity contribution in [3.8, 4) is 0 Å². The lowest BCUT2D eigenvalue weighted by Gasteiger charge is -2.12. The van der Waals surface area contributed by atoms with Gasteiger partial charge in [-0.1, -0.05) is 24.3 Å². The van der Waals surface area contributed by atoms with E-state index in [1.54, 1.807) is 56.3 Å². The van der Waals surface area contributed by atoms with E-state index in [1.165, 1.54) is 17.9 Å². The Morgan fingerprint density at radius 3 is 2.57 bits per heavy atom. The van der Waals surface area contributed by atoms with Crippen molar-refractivity contribution < 1.29 is 19.2 Å². The summed E-state index contributed by atoms with van der Waals surface area (Å²) in [4.78, 5) is 35.4. The number of benzene rings is 2. The lowest BCUT2D eigenvalue weighted by molar-refractivity contribution is -0.386. The van der Waals surface area contributed by atoms with Crippen LogP contribution in [-0.4, -0.2) is 33.7 Å². The molecule has 0 bridgehead atoms. The first-order valence-corrected chi connectivity index (χ1v) is 9.08. The zero-order valence-electron chi connectivity index (χ0n) is 16.7. The number of esters is 1. The van der Waals surface area contributed by atoms with Crippen LogP contribution < -0.4 is 5.32 Å². The van der Waals surface area contributed by atoms with E-state index in [4.69, 9.17) is 4.74 Å². The second-order valence-electron chi connectivity index (χ2n) is 6.62. The molecule has 0 saturated heterocycles. The minimum atomic E-state index is -0.502. The van der Waals surface area contributed by atoms with Crippen molar-refractivity contribution in [1.82, 2.24) is 9.78 Å². The van der Waals surface area contributed by atoms with Gasteiger partial charge < -0.3 is 10.1 Å². The van der Waals surface area contributed by atoms with E-state index in [1.807, 2.05) is 0 Å². The van der Waals surface area contributed by atoms with Gasteiger partial charge in [-0.25, -0.2) is 4.79 Å². The molecule has 0 aliphatic heterocycles. The largest absolute Gasteiger partial charge is 0.465 e. The number of aromatic nitrogens is 2. The van der Waals surface area contributed by atoms with E-state index in [2.05, 4.69) is 10.4 Å². The Hall–Kier alpha value is -4.01. The van der Waals surface area contributed by atoms with Gasteiger partial charge in [0.25, 0.3) is 5.91 Å². The van der Waals surface area contributed by atoms with Gasteiger partial charge in [-0.2, -0.15) is 5.10 Å². The van der Waals surface area contributed by atoms with Crippen LogP contribution in [0.5, 0.6) is 0 Å². The lowest BCUT2D eigenvalue weighted by Crippen LogP contribution is -2.16. The molecule has 2 aromatic carbocycles. The first-order valence-electron chi connectivity index (χ1n) is 9.08. The summed E-state index contributed by atoms with van der Waals surface area (Å²) >= 11 is 0. The molecule has 0 aliphatic carbocycles. The van der Waals surface area contributed by atoms with Crippen LogP contribution in [-0.2, 0) is 11.3 Å². The number of nitro groups is 1. The molecule has 1 N–H and O–H groups in total. The van der Waals surface area contributed by atoms with E-state index in [0.717, 1.165) is 0 Å². The summed E-state index contributed by atoms with van der Waals surface area (Å²) in [6.07, 6.45) is 0. The van der Waals surface area contributed by atoms with Gasteiger partial charge in [-0.3, -0.25) is 19.6 Å². The maximum absolute atomic E-state index is 12.9. The average molecular weight is 408 g/mol. The SMILES string of the molecule is COC(=O)c1cccc(NC(=O)c2ccccc2Cn2nc(C)c([N+](=O)[O-])c2C)c1. The van der Waals surface area contributed by atoms with Gasteiger partial charge in [0, 0.05) is 11.3 Å². The fourth-order valence-electron chi connectivity index (χ4n) is 3.19. The number of methoxy groups -OCH3 is 1. The molecular weight excluding hydrogens is 388 g/mol. The average Bonchev–Trinajstić information content (AvgIpc) is 3.01. The Labute approximate surface area is 172 Å². The second kappa shape index (κ2) is 8.56.